The number of nitrogens with one attached hydrogen (secondary N) is 2. The molecule has 0 aliphatic carbocycles. The standard InChI is InChI=1S/C30H33BrN4O4/c1-38-28-7-3-2-6-27(28)35-16-14-34(15-17-35)26-13-12-23(33-29(36)21-8-10-22(31)11-9-21)19-25(26)30(37)32-20-24-5-4-18-39-24/h2-3,6-13,19,24H,4-5,14-18,20H2,1H3,(H,32,37)(H,33,36). The van der Waals surface area contributed by atoms with Gasteiger partial charge in [0.25, 0.3) is 11.8 Å². The summed E-state index contributed by atoms with van der Waals surface area (Å²) in [6, 6.07) is 20.7. The number of para-hydroxylation sites is 2. The monoisotopic (exact) mass is 592 g/mol. The van der Waals surface area contributed by atoms with Crippen molar-refractivity contribution in [3.63, 3.8) is 0 Å². The van der Waals surface area contributed by atoms with Crippen LogP contribution in [0.5, 0.6) is 5.75 Å². The molecular weight excluding hydrogens is 560 g/mol. The van der Waals surface area contributed by atoms with E-state index in [-0.39, 0.29) is 17.9 Å². The molecule has 3 aromatic carbocycles. The van der Waals surface area contributed by atoms with Crippen molar-refractivity contribution in [2.45, 2.75) is 18.9 Å². The van der Waals surface area contributed by atoms with Gasteiger partial charge in [-0.15, -0.1) is 0 Å². The lowest BCUT2D eigenvalue weighted by molar-refractivity contribution is 0.0858. The zero-order valence-corrected chi connectivity index (χ0v) is 23.6. The molecule has 204 valence electrons. The fourth-order valence-corrected chi connectivity index (χ4v) is 5.33. The molecule has 39 heavy (non-hydrogen) atoms. The number of piperazine rings is 1. The summed E-state index contributed by atoms with van der Waals surface area (Å²) in [6.45, 7) is 4.28. The molecule has 5 rings (SSSR count). The summed E-state index contributed by atoms with van der Waals surface area (Å²) in [7, 11) is 1.69. The van der Waals surface area contributed by atoms with Gasteiger partial charge in [-0.1, -0.05) is 28.1 Å². The summed E-state index contributed by atoms with van der Waals surface area (Å²) >= 11 is 3.40. The molecule has 1 atom stereocenters. The Morgan fingerprint density at radius 2 is 1.67 bits per heavy atom. The van der Waals surface area contributed by atoms with Crippen LogP contribution < -0.4 is 25.2 Å². The third kappa shape index (κ3) is 6.54. The highest BCUT2D eigenvalue weighted by Crippen LogP contribution is 2.31. The Hall–Kier alpha value is -3.56. The van der Waals surface area contributed by atoms with Gasteiger partial charge in [0.15, 0.2) is 0 Å². The Balaban J connectivity index is 1.34. The van der Waals surface area contributed by atoms with Gasteiger partial charge in [0.1, 0.15) is 5.75 Å². The topological polar surface area (TPSA) is 83.1 Å². The van der Waals surface area contributed by atoms with E-state index in [0.29, 0.717) is 23.4 Å². The normalized spacial score (nSPS) is 17.1. The fraction of sp³-hybridized carbons (Fsp3) is 0.333. The first-order chi connectivity index (χ1) is 19.0. The predicted molar refractivity (Wildman–Crippen MR) is 157 cm³/mol. The second-order valence-corrected chi connectivity index (χ2v) is 10.6. The zero-order valence-electron chi connectivity index (χ0n) is 22.0. The molecule has 0 aromatic heterocycles. The van der Waals surface area contributed by atoms with Gasteiger partial charge < -0.3 is 29.9 Å². The molecule has 0 radical (unpaired) electrons. The molecule has 0 saturated carbocycles. The summed E-state index contributed by atoms with van der Waals surface area (Å²) in [6.07, 6.45) is 2.00. The quantitative estimate of drug-likeness (QED) is 0.385. The van der Waals surface area contributed by atoms with Gasteiger partial charge in [-0.05, 0) is 67.4 Å². The minimum absolute atomic E-state index is 0.0436. The average Bonchev–Trinajstić information content (AvgIpc) is 3.50. The van der Waals surface area contributed by atoms with Crippen molar-refractivity contribution < 1.29 is 19.1 Å². The highest BCUT2D eigenvalue weighted by molar-refractivity contribution is 9.10. The maximum atomic E-state index is 13.4. The molecule has 2 saturated heterocycles. The number of methoxy groups -OCH3 is 1. The fourth-order valence-electron chi connectivity index (χ4n) is 5.06. The van der Waals surface area contributed by atoms with Crippen LogP contribution in [0.25, 0.3) is 0 Å². The number of halogens is 1. The number of nitrogens with zero attached hydrogens (tertiary/aromatic N) is 2. The van der Waals surface area contributed by atoms with Crippen molar-refractivity contribution in [1.82, 2.24) is 5.32 Å². The Morgan fingerprint density at radius 1 is 0.949 bits per heavy atom. The summed E-state index contributed by atoms with van der Waals surface area (Å²) in [4.78, 5) is 30.8. The molecule has 8 nitrogen and oxygen atoms in total. The first-order valence-corrected chi connectivity index (χ1v) is 14.0. The van der Waals surface area contributed by atoms with E-state index in [4.69, 9.17) is 9.47 Å². The highest BCUT2D eigenvalue weighted by Gasteiger charge is 2.25. The number of anilines is 3. The summed E-state index contributed by atoms with van der Waals surface area (Å²) in [5.41, 5.74) is 3.56. The predicted octanol–water partition coefficient (Wildman–Crippen LogP) is 4.95. The molecule has 1 unspecified atom stereocenters. The number of carbonyl (C=O) groups excluding carboxylic acids is 2. The lowest BCUT2D eigenvalue weighted by Crippen LogP contribution is -2.47. The van der Waals surface area contributed by atoms with E-state index < -0.39 is 0 Å². The van der Waals surface area contributed by atoms with Crippen LogP contribution >= 0.6 is 15.9 Å². The number of hydrogen-bond donors (Lipinski definition) is 2. The second kappa shape index (κ2) is 12.5. The lowest BCUT2D eigenvalue weighted by Gasteiger charge is -2.38. The molecule has 9 heteroatoms. The van der Waals surface area contributed by atoms with Gasteiger partial charge >= 0.3 is 0 Å². The number of rotatable bonds is 8. The van der Waals surface area contributed by atoms with Crippen molar-refractivity contribution >= 4 is 44.8 Å². The van der Waals surface area contributed by atoms with Gasteiger partial charge in [0.05, 0.1) is 24.5 Å². The highest BCUT2D eigenvalue weighted by atomic mass is 79.9. The Labute approximate surface area is 237 Å². The van der Waals surface area contributed by atoms with Crippen LogP contribution in [0.2, 0.25) is 0 Å². The molecule has 0 bridgehead atoms. The van der Waals surface area contributed by atoms with E-state index in [0.717, 1.165) is 67.2 Å². The van der Waals surface area contributed by atoms with Crippen LogP contribution in [-0.2, 0) is 4.74 Å². The van der Waals surface area contributed by atoms with Crippen LogP contribution in [0.15, 0.2) is 71.2 Å². The lowest BCUT2D eigenvalue weighted by atomic mass is 10.1. The summed E-state index contributed by atoms with van der Waals surface area (Å²) in [5, 5.41) is 6.00. The van der Waals surface area contributed by atoms with Crippen LogP contribution in [0.1, 0.15) is 33.6 Å². The van der Waals surface area contributed by atoms with Crippen LogP contribution in [-0.4, -0.2) is 64.4 Å². The number of carbonyl (C=O) groups is 2. The second-order valence-electron chi connectivity index (χ2n) is 9.68. The first-order valence-electron chi connectivity index (χ1n) is 13.3. The first kappa shape index (κ1) is 27.0. The molecule has 2 aliphatic heterocycles. The van der Waals surface area contributed by atoms with E-state index in [1.807, 2.05) is 42.5 Å². The molecule has 0 spiro atoms. The molecule has 2 N–H and O–H groups in total. The molecular formula is C30H33BrN4O4. The maximum Gasteiger partial charge on any atom is 0.255 e. The van der Waals surface area contributed by atoms with E-state index >= 15 is 0 Å². The van der Waals surface area contributed by atoms with Crippen molar-refractivity contribution in [2.24, 2.45) is 0 Å². The minimum atomic E-state index is -0.230. The summed E-state index contributed by atoms with van der Waals surface area (Å²) in [5.74, 6) is 0.449. The molecule has 2 amide bonds. The van der Waals surface area contributed by atoms with Crippen LogP contribution in [0, 0.1) is 0 Å². The van der Waals surface area contributed by atoms with Gasteiger partial charge in [0, 0.05) is 60.7 Å². The van der Waals surface area contributed by atoms with Crippen molar-refractivity contribution in [1.29, 1.82) is 0 Å². The number of amides is 2. The smallest absolute Gasteiger partial charge is 0.255 e. The SMILES string of the molecule is COc1ccccc1N1CCN(c2ccc(NC(=O)c3ccc(Br)cc3)cc2C(=O)NCC2CCCO2)CC1. The van der Waals surface area contributed by atoms with Crippen LogP contribution in [0.4, 0.5) is 17.1 Å². The Kier molecular flexibility index (Phi) is 8.68. The largest absolute Gasteiger partial charge is 0.495 e. The average molecular weight is 594 g/mol. The molecule has 2 fully saturated rings. The van der Waals surface area contributed by atoms with Gasteiger partial charge in [0.2, 0.25) is 0 Å². The molecule has 3 aromatic rings. The van der Waals surface area contributed by atoms with E-state index in [1.54, 1.807) is 25.3 Å². The summed E-state index contributed by atoms with van der Waals surface area (Å²) < 4.78 is 12.2. The van der Waals surface area contributed by atoms with Gasteiger partial charge in [-0.25, -0.2) is 0 Å². The van der Waals surface area contributed by atoms with Crippen molar-refractivity contribution in [3.8, 4) is 5.75 Å². The molecule has 2 heterocycles. The van der Waals surface area contributed by atoms with E-state index in [1.165, 1.54) is 0 Å². The molecule has 2 aliphatic rings. The van der Waals surface area contributed by atoms with Crippen molar-refractivity contribution in [3.05, 3.63) is 82.3 Å². The maximum absolute atomic E-state index is 13.4. The van der Waals surface area contributed by atoms with Crippen LogP contribution in [0.3, 0.4) is 0 Å². The van der Waals surface area contributed by atoms with Gasteiger partial charge in [-0.2, -0.15) is 0 Å². The van der Waals surface area contributed by atoms with E-state index in [9.17, 15) is 9.59 Å². The third-order valence-corrected chi connectivity index (χ3v) is 7.69. The number of hydrogen-bond acceptors (Lipinski definition) is 6. The Morgan fingerprint density at radius 3 is 2.36 bits per heavy atom. The minimum Gasteiger partial charge on any atom is -0.495 e. The number of ether oxygens (including phenoxy) is 2. The zero-order chi connectivity index (χ0) is 27.2. The van der Waals surface area contributed by atoms with Gasteiger partial charge in [-0.3, -0.25) is 9.59 Å². The number of benzene rings is 3. The van der Waals surface area contributed by atoms with Crippen molar-refractivity contribution in [2.75, 3.05) is 61.6 Å². The third-order valence-electron chi connectivity index (χ3n) is 7.17. The Bertz CT molecular complexity index is 1300. The van der Waals surface area contributed by atoms with E-state index in [2.05, 4.69) is 42.4 Å².